The maximum absolute atomic E-state index is 12.8. The summed E-state index contributed by atoms with van der Waals surface area (Å²) in [6, 6.07) is 11.3. The zero-order chi connectivity index (χ0) is 20.5. The van der Waals surface area contributed by atoms with Gasteiger partial charge in [0.15, 0.2) is 0 Å². The van der Waals surface area contributed by atoms with E-state index < -0.39 is 11.4 Å². The third-order valence-electron chi connectivity index (χ3n) is 4.73. The highest BCUT2D eigenvalue weighted by atomic mass is 35.5. The fourth-order valence-electron chi connectivity index (χ4n) is 2.60. The van der Waals surface area contributed by atoms with Crippen LogP contribution >= 0.6 is 22.9 Å². The summed E-state index contributed by atoms with van der Waals surface area (Å²) in [5.74, 6) is -0.478. The monoisotopic (exact) mass is 414 g/mol. The summed E-state index contributed by atoms with van der Waals surface area (Å²) in [4.78, 5) is 30.4. The number of nitriles is 1. The normalized spacial score (nSPS) is 13.3. The number of thiophene rings is 1. The van der Waals surface area contributed by atoms with Crippen molar-refractivity contribution in [1.82, 2.24) is 14.9 Å². The molecular formula is C20H19ClN4O2S. The van der Waals surface area contributed by atoms with Gasteiger partial charge >= 0.3 is 0 Å². The Kier molecular flexibility index (Phi) is 5.54. The third kappa shape index (κ3) is 3.93. The number of benzene rings is 1. The summed E-state index contributed by atoms with van der Waals surface area (Å²) < 4.78 is 1.74. The summed E-state index contributed by atoms with van der Waals surface area (Å²) >= 11 is 7.25. The Bertz CT molecular complexity index is 1130. The number of hydrogen-bond acceptors (Lipinski definition) is 5. The minimum atomic E-state index is -0.997. The lowest BCUT2D eigenvalue weighted by Crippen LogP contribution is -2.50. The Labute approximate surface area is 171 Å². The predicted molar refractivity (Wildman–Crippen MR) is 111 cm³/mol. The minimum absolute atomic E-state index is 0.0713. The molecule has 0 fully saturated rings. The summed E-state index contributed by atoms with van der Waals surface area (Å²) in [6.45, 7) is 5.18. The van der Waals surface area contributed by atoms with Crippen LogP contribution < -0.4 is 10.9 Å². The summed E-state index contributed by atoms with van der Waals surface area (Å²) in [6.07, 6.45) is 1.36. The van der Waals surface area contributed by atoms with E-state index >= 15 is 0 Å². The third-order valence-corrected chi connectivity index (χ3v) is 6.15. The van der Waals surface area contributed by atoms with Gasteiger partial charge in [0.2, 0.25) is 5.91 Å². The molecule has 0 unspecified atom stereocenters. The largest absolute Gasteiger partial charge is 0.336 e. The zero-order valence-electron chi connectivity index (χ0n) is 15.7. The second kappa shape index (κ2) is 7.74. The smallest absolute Gasteiger partial charge is 0.271 e. The van der Waals surface area contributed by atoms with E-state index in [0.717, 1.165) is 10.4 Å². The molecular weight excluding hydrogens is 396 g/mol. The van der Waals surface area contributed by atoms with Crippen LogP contribution in [-0.2, 0) is 11.3 Å². The quantitative estimate of drug-likeness (QED) is 0.687. The second-order valence-electron chi connectivity index (χ2n) is 7.03. The van der Waals surface area contributed by atoms with Crippen molar-refractivity contribution in [1.29, 1.82) is 5.26 Å². The van der Waals surface area contributed by atoms with Gasteiger partial charge in [-0.2, -0.15) is 5.26 Å². The van der Waals surface area contributed by atoms with Gasteiger partial charge in [-0.1, -0.05) is 37.6 Å². The summed E-state index contributed by atoms with van der Waals surface area (Å²) in [5, 5.41) is 12.7. The molecule has 8 heteroatoms. The molecule has 1 N–H and O–H groups in total. The average Bonchev–Trinajstić information content (AvgIpc) is 3.09. The van der Waals surface area contributed by atoms with Crippen LogP contribution in [0.4, 0.5) is 0 Å². The van der Waals surface area contributed by atoms with Gasteiger partial charge in [-0.15, -0.1) is 11.3 Å². The molecule has 0 aliphatic carbocycles. The lowest BCUT2D eigenvalue weighted by Gasteiger charge is -2.27. The highest BCUT2D eigenvalue weighted by molar-refractivity contribution is 7.22. The molecule has 1 amide bonds. The van der Waals surface area contributed by atoms with Crippen LogP contribution in [0.15, 0.2) is 41.5 Å². The number of hydrogen-bond donors (Lipinski definition) is 1. The Balaban J connectivity index is 1.88. The molecule has 0 bridgehead atoms. The van der Waals surface area contributed by atoms with E-state index in [0.29, 0.717) is 15.2 Å². The number of nitrogens with one attached hydrogen (secondary N) is 1. The van der Waals surface area contributed by atoms with E-state index in [4.69, 9.17) is 11.6 Å². The van der Waals surface area contributed by atoms with Crippen LogP contribution in [0.2, 0.25) is 5.02 Å². The summed E-state index contributed by atoms with van der Waals surface area (Å²) in [5.41, 5.74) is 0.246. The topological polar surface area (TPSA) is 87.8 Å². The van der Waals surface area contributed by atoms with Crippen LogP contribution in [0.3, 0.4) is 0 Å². The number of fused-ring (bicyclic) bond motifs is 1. The van der Waals surface area contributed by atoms with Crippen LogP contribution in [0.5, 0.6) is 0 Å². The number of rotatable bonds is 5. The summed E-state index contributed by atoms with van der Waals surface area (Å²) in [7, 11) is 0. The number of amides is 1. The maximum Gasteiger partial charge on any atom is 0.271 e. The van der Waals surface area contributed by atoms with Gasteiger partial charge in [-0.25, -0.2) is 4.98 Å². The standard InChI is InChI=1S/C20H19ClN4O2S/c1-12(2)20(3,10-22)24-17(26)9-25-11-23-15-8-16(28-18(15)19(25)27)13-4-6-14(21)7-5-13/h4-8,11-12H,9H2,1-3H3,(H,24,26)/t20-/m1/s1. The van der Waals surface area contributed by atoms with Crippen molar-refractivity contribution < 1.29 is 4.79 Å². The molecule has 6 nitrogen and oxygen atoms in total. The maximum atomic E-state index is 12.8. The first kappa shape index (κ1) is 20.1. The first-order chi connectivity index (χ1) is 13.2. The molecule has 0 saturated heterocycles. The van der Waals surface area contributed by atoms with Crippen molar-refractivity contribution in [2.24, 2.45) is 5.92 Å². The first-order valence-corrected chi connectivity index (χ1v) is 9.90. The Morgan fingerprint density at radius 3 is 2.68 bits per heavy atom. The van der Waals surface area contributed by atoms with Crippen LogP contribution in [0.25, 0.3) is 20.7 Å². The lowest BCUT2D eigenvalue weighted by molar-refractivity contribution is -0.123. The molecule has 144 valence electrons. The lowest BCUT2D eigenvalue weighted by atomic mass is 9.90. The van der Waals surface area contributed by atoms with E-state index in [-0.39, 0.29) is 18.0 Å². The SMILES string of the molecule is CC(C)[C@@](C)(C#N)NC(=O)Cn1cnc2cc(-c3ccc(Cl)cc3)sc2c1=O. The molecule has 0 radical (unpaired) electrons. The van der Waals surface area contributed by atoms with Gasteiger partial charge in [0, 0.05) is 9.90 Å². The van der Waals surface area contributed by atoms with Gasteiger partial charge in [0.25, 0.3) is 5.56 Å². The van der Waals surface area contributed by atoms with Gasteiger partial charge in [-0.3, -0.25) is 14.2 Å². The molecule has 3 rings (SSSR count). The molecule has 0 aliphatic rings. The molecule has 0 spiro atoms. The number of aromatic nitrogens is 2. The van der Waals surface area contributed by atoms with E-state index in [1.807, 2.05) is 32.0 Å². The molecule has 2 heterocycles. The minimum Gasteiger partial charge on any atom is -0.336 e. The van der Waals surface area contributed by atoms with Crippen molar-refractivity contribution in [3.63, 3.8) is 0 Å². The van der Waals surface area contributed by atoms with Gasteiger partial charge in [0.05, 0.1) is 17.9 Å². The van der Waals surface area contributed by atoms with Crippen LogP contribution in [0, 0.1) is 17.2 Å². The Morgan fingerprint density at radius 1 is 1.39 bits per heavy atom. The first-order valence-electron chi connectivity index (χ1n) is 8.70. The molecule has 28 heavy (non-hydrogen) atoms. The Hall–Kier alpha value is -2.69. The van der Waals surface area contributed by atoms with Crippen molar-refractivity contribution in [3.05, 3.63) is 52.0 Å². The molecule has 1 atom stereocenters. The molecule has 2 aromatic heterocycles. The van der Waals surface area contributed by atoms with Gasteiger partial charge < -0.3 is 5.32 Å². The average molecular weight is 415 g/mol. The van der Waals surface area contributed by atoms with Crippen LogP contribution in [-0.4, -0.2) is 21.0 Å². The highest BCUT2D eigenvalue weighted by Gasteiger charge is 2.30. The van der Waals surface area contributed by atoms with Crippen LogP contribution in [0.1, 0.15) is 20.8 Å². The highest BCUT2D eigenvalue weighted by Crippen LogP contribution is 2.31. The van der Waals surface area contributed by atoms with Gasteiger partial charge in [0.1, 0.15) is 16.8 Å². The predicted octanol–water partition coefficient (Wildman–Crippen LogP) is 3.83. The van der Waals surface area contributed by atoms with Crippen molar-refractivity contribution >= 4 is 39.1 Å². The number of halogens is 1. The number of carbonyl (C=O) groups excluding carboxylic acids is 1. The second-order valence-corrected chi connectivity index (χ2v) is 8.52. The van der Waals surface area contributed by atoms with Gasteiger partial charge in [-0.05, 0) is 36.6 Å². The van der Waals surface area contributed by atoms with E-state index in [2.05, 4.69) is 16.4 Å². The number of nitrogens with zero attached hydrogens (tertiary/aromatic N) is 3. The zero-order valence-corrected chi connectivity index (χ0v) is 17.3. The molecule has 0 aliphatic heterocycles. The van der Waals surface area contributed by atoms with E-state index in [1.54, 1.807) is 19.1 Å². The van der Waals surface area contributed by atoms with Crippen molar-refractivity contribution in [3.8, 4) is 16.5 Å². The fraction of sp³-hybridized carbons (Fsp3) is 0.300. The van der Waals surface area contributed by atoms with Crippen molar-refractivity contribution in [2.75, 3.05) is 0 Å². The van der Waals surface area contributed by atoms with Crippen molar-refractivity contribution in [2.45, 2.75) is 32.9 Å². The van der Waals surface area contributed by atoms with E-state index in [9.17, 15) is 14.9 Å². The number of carbonyl (C=O) groups is 1. The molecule has 1 aromatic carbocycles. The molecule has 0 saturated carbocycles. The van der Waals surface area contributed by atoms with E-state index in [1.165, 1.54) is 22.2 Å². The Morgan fingerprint density at radius 2 is 2.07 bits per heavy atom. The fourth-order valence-corrected chi connectivity index (χ4v) is 3.79. The molecule has 3 aromatic rings.